The van der Waals surface area contributed by atoms with Gasteiger partial charge in [0.05, 0.1) is 15.6 Å². The van der Waals surface area contributed by atoms with Gasteiger partial charge in [-0.2, -0.15) is 0 Å². The lowest BCUT2D eigenvalue weighted by Crippen LogP contribution is -2.06. The number of nitrogens with one attached hydrogen (secondary N) is 2. The molecule has 0 saturated heterocycles. The topological polar surface area (TPSA) is 83.8 Å². The average molecular weight is 267 g/mol. The predicted molar refractivity (Wildman–Crippen MR) is 68.9 cm³/mol. The lowest BCUT2D eigenvalue weighted by Gasteiger charge is -2.07. The number of anilines is 1. The summed E-state index contributed by atoms with van der Waals surface area (Å²) in [4.78, 5) is 17.2. The number of benzene rings is 1. The molecule has 0 amide bonds. The normalized spacial score (nSPS) is 10.3. The Morgan fingerprint density at radius 3 is 2.94 bits per heavy atom. The Bertz CT molecular complexity index is 542. The van der Waals surface area contributed by atoms with E-state index < -0.39 is 4.92 Å². The Morgan fingerprint density at radius 2 is 2.33 bits per heavy atom. The number of H-pyrrole nitrogens is 1. The van der Waals surface area contributed by atoms with E-state index in [-0.39, 0.29) is 5.69 Å². The third-order valence-corrected chi connectivity index (χ3v) is 2.71. The van der Waals surface area contributed by atoms with Crippen LogP contribution in [0, 0.1) is 10.1 Å². The molecule has 0 radical (unpaired) electrons. The van der Waals surface area contributed by atoms with Gasteiger partial charge < -0.3 is 10.3 Å². The van der Waals surface area contributed by atoms with E-state index >= 15 is 0 Å². The third kappa shape index (κ3) is 2.98. The second kappa shape index (κ2) is 5.50. The number of aromatic amines is 1. The summed E-state index contributed by atoms with van der Waals surface area (Å²) < 4.78 is 0. The molecule has 2 N–H and O–H groups in total. The fraction of sp³-hybridized carbons (Fsp3) is 0.182. The minimum absolute atomic E-state index is 0.0171. The van der Waals surface area contributed by atoms with Gasteiger partial charge in [0.2, 0.25) is 0 Å². The van der Waals surface area contributed by atoms with Gasteiger partial charge in [0, 0.05) is 37.5 Å². The van der Waals surface area contributed by atoms with E-state index in [1.54, 1.807) is 18.5 Å². The Hall–Kier alpha value is -2.08. The highest BCUT2D eigenvalue weighted by atomic mass is 35.5. The second-order valence-corrected chi connectivity index (χ2v) is 4.04. The number of nitrogens with zero attached hydrogens (tertiary/aromatic N) is 2. The van der Waals surface area contributed by atoms with Crippen molar-refractivity contribution in [3.8, 4) is 0 Å². The SMILES string of the molecule is O=[N+]([O-])c1ccc(NCCc2ncc[nH]2)c(Cl)c1. The van der Waals surface area contributed by atoms with Crippen LogP contribution in [-0.2, 0) is 6.42 Å². The van der Waals surface area contributed by atoms with Crippen molar-refractivity contribution in [1.29, 1.82) is 0 Å². The number of nitro benzene ring substituents is 1. The van der Waals surface area contributed by atoms with Crippen molar-refractivity contribution < 1.29 is 4.92 Å². The molecule has 0 aliphatic rings. The highest BCUT2D eigenvalue weighted by Gasteiger charge is 2.08. The zero-order valence-electron chi connectivity index (χ0n) is 9.39. The van der Waals surface area contributed by atoms with Crippen LogP contribution in [-0.4, -0.2) is 21.4 Å². The maximum absolute atomic E-state index is 10.5. The quantitative estimate of drug-likeness (QED) is 0.644. The Labute approximate surface area is 108 Å². The standard InChI is InChI=1S/C11H11ClN4O2/c12-9-7-8(16(17)18)1-2-10(9)13-4-3-11-14-5-6-15-11/h1-2,5-7,13H,3-4H2,(H,14,15). The van der Waals surface area contributed by atoms with Crippen molar-refractivity contribution >= 4 is 23.0 Å². The minimum Gasteiger partial charge on any atom is -0.383 e. The number of rotatable bonds is 5. The van der Waals surface area contributed by atoms with E-state index in [4.69, 9.17) is 11.6 Å². The number of halogens is 1. The summed E-state index contributed by atoms with van der Waals surface area (Å²) >= 11 is 5.94. The van der Waals surface area contributed by atoms with E-state index in [9.17, 15) is 10.1 Å². The van der Waals surface area contributed by atoms with Gasteiger partial charge in [0.1, 0.15) is 5.82 Å². The van der Waals surface area contributed by atoms with Crippen LogP contribution >= 0.6 is 11.6 Å². The van der Waals surface area contributed by atoms with Gasteiger partial charge >= 0.3 is 0 Å². The van der Waals surface area contributed by atoms with E-state index in [0.29, 0.717) is 17.3 Å². The molecule has 0 spiro atoms. The van der Waals surface area contributed by atoms with E-state index in [1.165, 1.54) is 12.1 Å². The van der Waals surface area contributed by atoms with Crippen LogP contribution in [0.5, 0.6) is 0 Å². The smallest absolute Gasteiger partial charge is 0.271 e. The lowest BCUT2D eigenvalue weighted by molar-refractivity contribution is -0.384. The first kappa shape index (κ1) is 12.4. The number of hydrogen-bond donors (Lipinski definition) is 2. The number of aromatic nitrogens is 2. The number of imidazole rings is 1. The first-order chi connectivity index (χ1) is 8.66. The predicted octanol–water partition coefficient (Wildman–Crippen LogP) is 2.63. The molecule has 1 aromatic heterocycles. The molecule has 0 fully saturated rings. The Morgan fingerprint density at radius 1 is 1.50 bits per heavy atom. The highest BCUT2D eigenvalue weighted by molar-refractivity contribution is 6.33. The van der Waals surface area contributed by atoms with E-state index in [0.717, 1.165) is 12.2 Å². The van der Waals surface area contributed by atoms with Crippen LogP contribution in [0.4, 0.5) is 11.4 Å². The fourth-order valence-electron chi connectivity index (χ4n) is 1.51. The van der Waals surface area contributed by atoms with Crippen LogP contribution < -0.4 is 5.32 Å². The summed E-state index contributed by atoms with van der Waals surface area (Å²) in [7, 11) is 0. The van der Waals surface area contributed by atoms with Crippen LogP contribution in [0.1, 0.15) is 5.82 Å². The molecule has 1 aromatic carbocycles. The molecule has 0 atom stereocenters. The molecule has 0 unspecified atom stereocenters. The number of nitro groups is 1. The van der Waals surface area contributed by atoms with E-state index in [1.807, 2.05) is 0 Å². The van der Waals surface area contributed by atoms with Gasteiger partial charge in [0.25, 0.3) is 5.69 Å². The molecule has 2 aromatic rings. The average Bonchev–Trinajstić information content (AvgIpc) is 2.84. The molecule has 0 saturated carbocycles. The molecule has 0 aliphatic heterocycles. The molecular formula is C11H11ClN4O2. The van der Waals surface area contributed by atoms with Crippen molar-refractivity contribution in [2.45, 2.75) is 6.42 Å². The van der Waals surface area contributed by atoms with Crippen molar-refractivity contribution in [3.05, 3.63) is 51.6 Å². The molecule has 1 heterocycles. The zero-order chi connectivity index (χ0) is 13.0. The summed E-state index contributed by atoms with van der Waals surface area (Å²) in [5.74, 6) is 0.875. The molecule has 18 heavy (non-hydrogen) atoms. The van der Waals surface area contributed by atoms with Crippen molar-refractivity contribution in [3.63, 3.8) is 0 Å². The van der Waals surface area contributed by atoms with Gasteiger partial charge in [-0.05, 0) is 6.07 Å². The monoisotopic (exact) mass is 266 g/mol. The van der Waals surface area contributed by atoms with Crippen molar-refractivity contribution in [2.75, 3.05) is 11.9 Å². The summed E-state index contributed by atoms with van der Waals surface area (Å²) in [5, 5.41) is 14.0. The van der Waals surface area contributed by atoms with Gasteiger partial charge in [-0.3, -0.25) is 10.1 Å². The Balaban J connectivity index is 1.95. The first-order valence-electron chi connectivity index (χ1n) is 5.33. The molecule has 94 valence electrons. The van der Waals surface area contributed by atoms with Gasteiger partial charge in [-0.25, -0.2) is 4.98 Å². The van der Waals surface area contributed by atoms with Crippen LogP contribution in [0.3, 0.4) is 0 Å². The fourth-order valence-corrected chi connectivity index (χ4v) is 1.75. The maximum Gasteiger partial charge on any atom is 0.271 e. The largest absolute Gasteiger partial charge is 0.383 e. The van der Waals surface area contributed by atoms with E-state index in [2.05, 4.69) is 15.3 Å². The molecule has 0 bridgehead atoms. The number of non-ortho nitro benzene ring substituents is 1. The second-order valence-electron chi connectivity index (χ2n) is 3.63. The van der Waals surface area contributed by atoms with Gasteiger partial charge in [-0.15, -0.1) is 0 Å². The van der Waals surface area contributed by atoms with Gasteiger partial charge in [0.15, 0.2) is 0 Å². The molecular weight excluding hydrogens is 256 g/mol. The van der Waals surface area contributed by atoms with Crippen molar-refractivity contribution in [2.24, 2.45) is 0 Å². The van der Waals surface area contributed by atoms with Gasteiger partial charge in [-0.1, -0.05) is 11.6 Å². The highest BCUT2D eigenvalue weighted by Crippen LogP contribution is 2.26. The van der Waals surface area contributed by atoms with Crippen molar-refractivity contribution in [1.82, 2.24) is 9.97 Å². The summed E-state index contributed by atoms with van der Waals surface area (Å²) in [6, 6.07) is 4.35. The molecule has 7 heteroatoms. The minimum atomic E-state index is -0.474. The molecule has 2 rings (SSSR count). The molecule has 0 aliphatic carbocycles. The summed E-state index contributed by atoms with van der Waals surface area (Å²) in [5.41, 5.74) is 0.658. The van der Waals surface area contributed by atoms with Crippen LogP contribution in [0.25, 0.3) is 0 Å². The molecule has 6 nitrogen and oxygen atoms in total. The summed E-state index contributed by atoms with van der Waals surface area (Å²) in [6.45, 7) is 0.644. The third-order valence-electron chi connectivity index (χ3n) is 2.40. The van der Waals surface area contributed by atoms with Crippen LogP contribution in [0.15, 0.2) is 30.6 Å². The number of hydrogen-bond acceptors (Lipinski definition) is 4. The maximum atomic E-state index is 10.5. The Kier molecular flexibility index (Phi) is 3.78. The van der Waals surface area contributed by atoms with Crippen LogP contribution in [0.2, 0.25) is 5.02 Å². The summed E-state index contributed by atoms with van der Waals surface area (Å²) in [6.07, 6.45) is 4.17. The lowest BCUT2D eigenvalue weighted by atomic mass is 10.2. The first-order valence-corrected chi connectivity index (χ1v) is 5.70. The zero-order valence-corrected chi connectivity index (χ0v) is 10.1.